The molecule has 1 aliphatic carbocycles. The van der Waals surface area contributed by atoms with Crippen LogP contribution in [0.15, 0.2) is 60.8 Å². The van der Waals surface area contributed by atoms with Gasteiger partial charge in [0, 0.05) is 42.6 Å². The average molecular weight is 525 g/mol. The molecule has 3 aromatic rings. The van der Waals surface area contributed by atoms with Crippen LogP contribution in [0.3, 0.4) is 0 Å². The predicted molar refractivity (Wildman–Crippen MR) is 133 cm³/mol. The Hall–Kier alpha value is -3.59. The normalized spacial score (nSPS) is 24.2. The fourth-order valence-electron chi connectivity index (χ4n) is 6.51. The summed E-state index contributed by atoms with van der Waals surface area (Å²) in [7, 11) is 1.31. The first kappa shape index (κ1) is 24.7. The molecule has 198 valence electrons. The summed E-state index contributed by atoms with van der Waals surface area (Å²) in [5, 5.41) is 11.6. The summed E-state index contributed by atoms with van der Waals surface area (Å²) in [5.41, 5.74) is 1.94. The van der Waals surface area contributed by atoms with E-state index in [1.807, 2.05) is 24.3 Å². The Bertz CT molecular complexity index is 1330. The molecule has 6 nitrogen and oxygen atoms in total. The SMILES string of the molecule is COc1ncc(C(F)(F)F)cc1C1(O)CC2CCC(C1)N2C(=O)OCC1c2ccccc2-c2ccccc21. The highest BCUT2D eigenvalue weighted by Gasteiger charge is 2.52. The van der Waals surface area contributed by atoms with E-state index in [2.05, 4.69) is 29.2 Å². The third-order valence-corrected chi connectivity index (χ3v) is 8.19. The number of amides is 1. The van der Waals surface area contributed by atoms with Crippen LogP contribution >= 0.6 is 0 Å². The molecule has 2 unspecified atom stereocenters. The van der Waals surface area contributed by atoms with Crippen LogP contribution in [-0.4, -0.2) is 46.9 Å². The first-order valence-corrected chi connectivity index (χ1v) is 12.7. The number of alkyl halides is 3. The van der Waals surface area contributed by atoms with Crippen molar-refractivity contribution in [2.24, 2.45) is 0 Å². The van der Waals surface area contributed by atoms with Crippen molar-refractivity contribution in [3.05, 3.63) is 83.0 Å². The molecule has 1 aromatic heterocycles. The molecule has 0 radical (unpaired) electrons. The molecular weight excluding hydrogens is 497 g/mol. The lowest BCUT2D eigenvalue weighted by atomic mass is 9.80. The Balaban J connectivity index is 1.21. The number of nitrogens with zero attached hydrogens (tertiary/aromatic N) is 2. The molecule has 2 fully saturated rings. The number of methoxy groups -OCH3 is 1. The number of benzene rings is 2. The molecular formula is C29H27F3N2O4. The van der Waals surface area contributed by atoms with Crippen LogP contribution in [0.2, 0.25) is 0 Å². The maximum absolute atomic E-state index is 13.4. The Labute approximate surface area is 218 Å². The van der Waals surface area contributed by atoms with Gasteiger partial charge in [0.25, 0.3) is 0 Å². The van der Waals surface area contributed by atoms with Crippen molar-refractivity contribution in [1.82, 2.24) is 9.88 Å². The molecule has 6 rings (SSSR count). The second kappa shape index (κ2) is 9.01. The molecule has 2 saturated heterocycles. The first-order chi connectivity index (χ1) is 18.2. The minimum absolute atomic E-state index is 0.00101. The summed E-state index contributed by atoms with van der Waals surface area (Å²) in [5.74, 6) is -0.124. The molecule has 1 amide bonds. The van der Waals surface area contributed by atoms with Crippen LogP contribution in [0.25, 0.3) is 11.1 Å². The van der Waals surface area contributed by atoms with Crippen LogP contribution in [0, 0.1) is 0 Å². The van der Waals surface area contributed by atoms with Gasteiger partial charge in [-0.1, -0.05) is 48.5 Å². The summed E-state index contributed by atoms with van der Waals surface area (Å²) < 4.78 is 51.3. The molecule has 3 aliphatic rings. The lowest BCUT2D eigenvalue weighted by molar-refractivity contribution is -0.138. The quantitative estimate of drug-likeness (QED) is 0.462. The summed E-state index contributed by atoms with van der Waals surface area (Å²) in [6.45, 7) is 0.179. The molecule has 2 bridgehead atoms. The van der Waals surface area contributed by atoms with Crippen LogP contribution in [0.4, 0.5) is 18.0 Å². The molecule has 38 heavy (non-hydrogen) atoms. The number of hydrogen-bond donors (Lipinski definition) is 1. The van der Waals surface area contributed by atoms with Gasteiger partial charge in [0.2, 0.25) is 5.88 Å². The number of aliphatic hydroxyl groups is 1. The number of hydrogen-bond acceptors (Lipinski definition) is 5. The molecule has 2 aliphatic heterocycles. The van der Waals surface area contributed by atoms with Crippen LogP contribution in [0.5, 0.6) is 5.88 Å². The fraction of sp³-hybridized carbons (Fsp3) is 0.379. The summed E-state index contributed by atoms with van der Waals surface area (Å²) in [4.78, 5) is 18.8. The van der Waals surface area contributed by atoms with Crippen molar-refractivity contribution in [3.63, 3.8) is 0 Å². The van der Waals surface area contributed by atoms with E-state index in [1.54, 1.807) is 4.90 Å². The van der Waals surface area contributed by atoms with E-state index in [0.717, 1.165) is 28.3 Å². The van der Waals surface area contributed by atoms with Gasteiger partial charge in [-0.25, -0.2) is 9.78 Å². The molecule has 2 atom stereocenters. The van der Waals surface area contributed by atoms with Crippen LogP contribution in [-0.2, 0) is 16.5 Å². The number of pyridine rings is 1. The van der Waals surface area contributed by atoms with E-state index in [9.17, 15) is 23.1 Å². The number of carbonyl (C=O) groups is 1. The molecule has 2 aromatic carbocycles. The Morgan fingerprint density at radius 2 is 1.63 bits per heavy atom. The highest BCUT2D eigenvalue weighted by molar-refractivity contribution is 5.79. The van der Waals surface area contributed by atoms with Gasteiger partial charge >= 0.3 is 12.3 Å². The van der Waals surface area contributed by atoms with Gasteiger partial charge in [-0.3, -0.25) is 0 Å². The lowest BCUT2D eigenvalue weighted by Crippen LogP contribution is -2.52. The third kappa shape index (κ3) is 4.00. The maximum Gasteiger partial charge on any atom is 0.417 e. The maximum atomic E-state index is 13.4. The smallest absolute Gasteiger partial charge is 0.417 e. The average Bonchev–Trinajstić information content (AvgIpc) is 3.38. The fourth-order valence-corrected chi connectivity index (χ4v) is 6.51. The van der Waals surface area contributed by atoms with E-state index >= 15 is 0 Å². The standard InChI is InChI=1S/C29H27F3N2O4/c1-37-26-25(12-17(15-33-26)29(30,31)32)28(36)13-18-10-11-19(14-28)34(18)27(35)38-16-24-22-8-4-2-6-20(22)21-7-3-5-9-23(21)24/h2-9,12,15,18-19,24,36H,10-11,13-14,16H2,1H3. The molecule has 3 heterocycles. The number of carbonyl (C=O) groups excluding carboxylic acids is 1. The third-order valence-electron chi connectivity index (χ3n) is 8.19. The predicted octanol–water partition coefficient (Wildman–Crippen LogP) is 5.87. The van der Waals surface area contributed by atoms with Gasteiger partial charge in [0.05, 0.1) is 18.3 Å². The molecule has 0 spiro atoms. The highest BCUT2D eigenvalue weighted by Crippen LogP contribution is 2.49. The van der Waals surface area contributed by atoms with Crippen molar-refractivity contribution >= 4 is 6.09 Å². The zero-order valence-electron chi connectivity index (χ0n) is 20.7. The van der Waals surface area contributed by atoms with Gasteiger partial charge in [-0.15, -0.1) is 0 Å². The van der Waals surface area contributed by atoms with Gasteiger partial charge in [-0.05, 0) is 41.2 Å². The van der Waals surface area contributed by atoms with Gasteiger partial charge in [-0.2, -0.15) is 13.2 Å². The number of fused-ring (bicyclic) bond motifs is 5. The summed E-state index contributed by atoms with van der Waals surface area (Å²) in [6.07, 6.45) is -2.95. The molecule has 9 heteroatoms. The topological polar surface area (TPSA) is 71.9 Å². The molecule has 0 saturated carbocycles. The second-order valence-corrected chi connectivity index (χ2v) is 10.3. The monoisotopic (exact) mass is 524 g/mol. The minimum Gasteiger partial charge on any atom is -0.481 e. The number of piperidine rings is 1. The van der Waals surface area contributed by atoms with Crippen molar-refractivity contribution in [3.8, 4) is 17.0 Å². The zero-order valence-corrected chi connectivity index (χ0v) is 20.7. The van der Waals surface area contributed by atoms with E-state index in [1.165, 1.54) is 7.11 Å². The van der Waals surface area contributed by atoms with Crippen LogP contribution in [0.1, 0.15) is 53.9 Å². The van der Waals surface area contributed by atoms with Crippen molar-refractivity contribution in [2.45, 2.75) is 55.5 Å². The number of ether oxygens (including phenoxy) is 2. The minimum atomic E-state index is -4.61. The van der Waals surface area contributed by atoms with Crippen molar-refractivity contribution in [2.75, 3.05) is 13.7 Å². The number of halogens is 3. The Morgan fingerprint density at radius 3 is 2.18 bits per heavy atom. The van der Waals surface area contributed by atoms with Gasteiger partial charge < -0.3 is 19.5 Å². The second-order valence-electron chi connectivity index (χ2n) is 10.3. The first-order valence-electron chi connectivity index (χ1n) is 12.7. The Morgan fingerprint density at radius 1 is 1.05 bits per heavy atom. The van der Waals surface area contributed by atoms with Crippen molar-refractivity contribution < 1.29 is 32.5 Å². The van der Waals surface area contributed by atoms with E-state index in [4.69, 9.17) is 9.47 Å². The summed E-state index contributed by atoms with van der Waals surface area (Å²) in [6, 6.07) is 16.3. The highest BCUT2D eigenvalue weighted by atomic mass is 19.4. The number of rotatable bonds is 4. The van der Waals surface area contributed by atoms with Gasteiger partial charge in [0.15, 0.2) is 0 Å². The zero-order chi connectivity index (χ0) is 26.7. The Kier molecular flexibility index (Phi) is 5.86. The summed E-state index contributed by atoms with van der Waals surface area (Å²) >= 11 is 0. The number of aromatic nitrogens is 1. The molecule has 1 N–H and O–H groups in total. The van der Waals surface area contributed by atoms with E-state index in [0.29, 0.717) is 19.0 Å². The van der Waals surface area contributed by atoms with E-state index < -0.39 is 23.4 Å². The largest absolute Gasteiger partial charge is 0.481 e. The van der Waals surface area contributed by atoms with Crippen LogP contribution < -0.4 is 4.74 Å². The lowest BCUT2D eigenvalue weighted by Gasteiger charge is -2.43. The van der Waals surface area contributed by atoms with E-state index in [-0.39, 0.29) is 48.9 Å². The van der Waals surface area contributed by atoms with Gasteiger partial charge in [0.1, 0.15) is 6.61 Å². The van der Waals surface area contributed by atoms with Crippen molar-refractivity contribution in [1.29, 1.82) is 0 Å².